The monoisotopic (exact) mass is 235 g/mol. The molecule has 15 heavy (non-hydrogen) atoms. The Kier molecular flexibility index (Phi) is 8.97. The summed E-state index contributed by atoms with van der Waals surface area (Å²) in [5.74, 6) is 0.119. The summed E-state index contributed by atoms with van der Waals surface area (Å²) in [5, 5.41) is 0. The summed E-state index contributed by atoms with van der Waals surface area (Å²) in [6.45, 7) is 10.5. The largest absolute Gasteiger partial charge is 0.343 e. The predicted octanol–water partition coefficient (Wildman–Crippen LogP) is 2.24. The number of hydrogen-bond acceptors (Lipinski definition) is 3. The van der Waals surface area contributed by atoms with Crippen molar-refractivity contribution in [3.05, 3.63) is 0 Å². The van der Waals surface area contributed by atoms with E-state index >= 15 is 0 Å². The zero-order valence-electron chi connectivity index (χ0n) is 10.2. The van der Waals surface area contributed by atoms with Crippen molar-refractivity contribution in [3.8, 4) is 0 Å². The molecular weight excluding hydrogens is 213 g/mol. The zero-order chi connectivity index (χ0) is 11.7. The molecule has 0 N–H and O–H groups in total. The van der Waals surface area contributed by atoms with E-state index in [0.717, 1.165) is 13.1 Å². The van der Waals surface area contributed by atoms with E-state index in [1.807, 2.05) is 27.7 Å². The van der Waals surface area contributed by atoms with E-state index in [1.54, 1.807) is 4.90 Å². The number of nitrogens with zero attached hydrogens (tertiary/aromatic N) is 1. The van der Waals surface area contributed by atoms with Gasteiger partial charge in [-0.25, -0.2) is 0 Å². The van der Waals surface area contributed by atoms with Gasteiger partial charge in [-0.15, -0.1) is 0 Å². The summed E-state index contributed by atoms with van der Waals surface area (Å²) in [5.41, 5.74) is 0. The van der Waals surface area contributed by atoms with E-state index in [0.29, 0.717) is 19.4 Å². The summed E-state index contributed by atoms with van der Waals surface area (Å²) >= 11 is 0. The van der Waals surface area contributed by atoms with Crippen molar-refractivity contribution in [2.75, 3.05) is 32.5 Å². The topological polar surface area (TPSA) is 38.8 Å². The van der Waals surface area contributed by atoms with Gasteiger partial charge in [0.15, 0.2) is 8.38 Å². The zero-order valence-corrected chi connectivity index (χ0v) is 11.0. The van der Waals surface area contributed by atoms with E-state index < -0.39 is 8.38 Å². The molecular formula is C10H22NO3P. The second-order valence-electron chi connectivity index (χ2n) is 2.89. The summed E-state index contributed by atoms with van der Waals surface area (Å²) in [6, 6.07) is 0. The van der Waals surface area contributed by atoms with Crippen LogP contribution in [0.1, 0.15) is 27.7 Å². The Labute approximate surface area is 93.8 Å². The molecule has 0 fully saturated rings. The second kappa shape index (κ2) is 9.08. The van der Waals surface area contributed by atoms with Crippen LogP contribution in [0.2, 0.25) is 0 Å². The third kappa shape index (κ3) is 6.08. The van der Waals surface area contributed by atoms with Crippen LogP contribution in [0.3, 0.4) is 0 Å². The Morgan fingerprint density at radius 1 is 1.07 bits per heavy atom. The van der Waals surface area contributed by atoms with Gasteiger partial charge in [-0.2, -0.15) is 0 Å². The van der Waals surface area contributed by atoms with Gasteiger partial charge in [-0.3, -0.25) is 4.79 Å². The van der Waals surface area contributed by atoms with Crippen molar-refractivity contribution < 1.29 is 13.8 Å². The van der Waals surface area contributed by atoms with Gasteiger partial charge in [0.05, 0.1) is 19.4 Å². The number of amides is 1. The maximum Gasteiger partial charge on any atom is 0.231 e. The van der Waals surface area contributed by atoms with Crippen molar-refractivity contribution in [3.63, 3.8) is 0 Å². The second-order valence-corrected chi connectivity index (χ2v) is 4.39. The van der Waals surface area contributed by atoms with E-state index in [4.69, 9.17) is 9.05 Å². The van der Waals surface area contributed by atoms with E-state index in [2.05, 4.69) is 0 Å². The predicted molar refractivity (Wildman–Crippen MR) is 63.0 cm³/mol. The van der Waals surface area contributed by atoms with Crippen LogP contribution < -0.4 is 0 Å². The summed E-state index contributed by atoms with van der Waals surface area (Å²) < 4.78 is 10.8. The Morgan fingerprint density at radius 2 is 1.53 bits per heavy atom. The molecule has 0 aliphatic carbocycles. The first-order chi connectivity index (χ1) is 7.19. The highest BCUT2D eigenvalue weighted by Crippen LogP contribution is 2.37. The third-order valence-corrected chi connectivity index (χ3v) is 3.55. The third-order valence-electron chi connectivity index (χ3n) is 1.93. The highest BCUT2D eigenvalue weighted by Gasteiger charge is 2.18. The molecule has 0 heterocycles. The van der Waals surface area contributed by atoms with Crippen molar-refractivity contribution >= 4 is 14.3 Å². The SMILES string of the molecule is CCOP(CC(=O)N(CC)CC)OCC. The summed E-state index contributed by atoms with van der Waals surface area (Å²) in [6.07, 6.45) is 0.374. The molecule has 0 saturated carbocycles. The van der Waals surface area contributed by atoms with Crippen LogP contribution in [0.4, 0.5) is 0 Å². The first-order valence-electron chi connectivity index (χ1n) is 5.50. The molecule has 0 spiro atoms. The molecule has 5 heteroatoms. The smallest absolute Gasteiger partial charge is 0.231 e. The number of hydrogen-bond donors (Lipinski definition) is 0. The van der Waals surface area contributed by atoms with Gasteiger partial charge in [-0.05, 0) is 27.7 Å². The number of carbonyl (C=O) groups excluding carboxylic acids is 1. The van der Waals surface area contributed by atoms with Crippen LogP contribution >= 0.6 is 8.38 Å². The highest BCUT2D eigenvalue weighted by atomic mass is 31.2. The van der Waals surface area contributed by atoms with Gasteiger partial charge in [0, 0.05) is 13.1 Å². The van der Waals surface area contributed by atoms with Gasteiger partial charge in [-0.1, -0.05) is 0 Å². The van der Waals surface area contributed by atoms with E-state index in [-0.39, 0.29) is 5.91 Å². The van der Waals surface area contributed by atoms with Crippen LogP contribution in [0.25, 0.3) is 0 Å². The lowest BCUT2D eigenvalue weighted by atomic mass is 10.5. The standard InChI is InChI=1S/C10H22NO3P/c1-5-11(6-2)10(12)9-15(13-7-3)14-8-4/h5-9H2,1-4H3. The molecule has 1 amide bonds. The first-order valence-corrected chi connectivity index (χ1v) is 6.86. The molecule has 0 radical (unpaired) electrons. The maximum absolute atomic E-state index is 11.7. The van der Waals surface area contributed by atoms with Crippen LogP contribution in [-0.4, -0.2) is 43.3 Å². The van der Waals surface area contributed by atoms with Crippen LogP contribution in [0, 0.1) is 0 Å². The quantitative estimate of drug-likeness (QED) is 0.606. The Balaban J connectivity index is 4.07. The number of carbonyl (C=O) groups is 1. The van der Waals surface area contributed by atoms with Gasteiger partial charge < -0.3 is 13.9 Å². The van der Waals surface area contributed by atoms with Gasteiger partial charge in [0.25, 0.3) is 0 Å². The molecule has 0 aromatic rings. The molecule has 90 valence electrons. The Hall–Kier alpha value is -0.180. The van der Waals surface area contributed by atoms with Gasteiger partial charge >= 0.3 is 0 Å². The van der Waals surface area contributed by atoms with Crippen molar-refractivity contribution in [1.82, 2.24) is 4.90 Å². The molecule has 0 aliphatic rings. The molecule has 0 rings (SSSR count). The molecule has 0 aromatic carbocycles. The average Bonchev–Trinajstić information content (AvgIpc) is 2.20. The molecule has 0 unspecified atom stereocenters. The minimum absolute atomic E-state index is 0.119. The van der Waals surface area contributed by atoms with Crippen molar-refractivity contribution in [1.29, 1.82) is 0 Å². The van der Waals surface area contributed by atoms with Crippen molar-refractivity contribution in [2.45, 2.75) is 27.7 Å². The normalized spacial score (nSPS) is 10.7. The van der Waals surface area contributed by atoms with Gasteiger partial charge in [0.2, 0.25) is 5.91 Å². The van der Waals surface area contributed by atoms with Crippen LogP contribution in [-0.2, 0) is 13.8 Å². The van der Waals surface area contributed by atoms with E-state index in [1.165, 1.54) is 0 Å². The molecule has 0 aliphatic heterocycles. The Bertz CT molecular complexity index is 168. The number of rotatable bonds is 8. The van der Waals surface area contributed by atoms with Gasteiger partial charge in [0.1, 0.15) is 0 Å². The molecule has 0 atom stereocenters. The lowest BCUT2D eigenvalue weighted by Crippen LogP contribution is -2.32. The minimum Gasteiger partial charge on any atom is -0.343 e. The van der Waals surface area contributed by atoms with E-state index in [9.17, 15) is 4.79 Å². The molecule has 0 aromatic heterocycles. The average molecular weight is 235 g/mol. The lowest BCUT2D eigenvalue weighted by molar-refractivity contribution is -0.128. The summed E-state index contributed by atoms with van der Waals surface area (Å²) in [4.78, 5) is 13.5. The minimum atomic E-state index is -1.04. The highest BCUT2D eigenvalue weighted by molar-refractivity contribution is 7.48. The lowest BCUT2D eigenvalue weighted by Gasteiger charge is -2.21. The fourth-order valence-electron chi connectivity index (χ4n) is 1.20. The van der Waals surface area contributed by atoms with Crippen molar-refractivity contribution in [2.24, 2.45) is 0 Å². The Morgan fingerprint density at radius 3 is 1.87 bits per heavy atom. The fraction of sp³-hybridized carbons (Fsp3) is 0.900. The molecule has 4 nitrogen and oxygen atoms in total. The molecule has 0 saturated heterocycles. The fourth-order valence-corrected chi connectivity index (χ4v) is 2.46. The van der Waals surface area contributed by atoms with Crippen LogP contribution in [0.15, 0.2) is 0 Å². The maximum atomic E-state index is 11.7. The molecule has 0 bridgehead atoms. The first kappa shape index (κ1) is 14.8. The summed E-state index contributed by atoms with van der Waals surface area (Å²) in [7, 11) is -1.04. The van der Waals surface area contributed by atoms with Crippen LogP contribution in [0.5, 0.6) is 0 Å².